The summed E-state index contributed by atoms with van der Waals surface area (Å²) in [5, 5.41) is 3.19. The SMILES string of the molecule is CC(C)(C)CC(N=O)C(C)(C)C. The largest absolute Gasteiger partial charge is 0.150 e. The van der Waals surface area contributed by atoms with Gasteiger partial charge in [0.25, 0.3) is 0 Å². The first-order valence-corrected chi connectivity index (χ1v) is 4.49. The van der Waals surface area contributed by atoms with E-state index in [9.17, 15) is 4.91 Å². The Morgan fingerprint density at radius 1 is 1.08 bits per heavy atom. The van der Waals surface area contributed by atoms with E-state index >= 15 is 0 Å². The maximum Gasteiger partial charge on any atom is 0.0972 e. The number of nitrogens with zero attached hydrogens (tertiary/aromatic N) is 1. The third-order valence-corrected chi connectivity index (χ3v) is 1.93. The molecule has 1 unspecified atom stereocenters. The molecule has 0 heterocycles. The molecule has 0 aliphatic heterocycles. The standard InChI is InChI=1S/C10H21NO/c1-9(2,3)7-8(11-12)10(4,5)6/h8H,7H2,1-6H3. The molecular weight excluding hydrogens is 150 g/mol. The van der Waals surface area contributed by atoms with Crippen molar-refractivity contribution in [2.75, 3.05) is 0 Å². The average Bonchev–Trinajstić information content (AvgIpc) is 1.78. The predicted octanol–water partition coefficient (Wildman–Crippen LogP) is 3.60. The van der Waals surface area contributed by atoms with E-state index in [0.29, 0.717) is 0 Å². The lowest BCUT2D eigenvalue weighted by Gasteiger charge is -2.30. The van der Waals surface area contributed by atoms with Crippen molar-refractivity contribution >= 4 is 0 Å². The van der Waals surface area contributed by atoms with E-state index < -0.39 is 0 Å². The molecule has 2 heteroatoms. The van der Waals surface area contributed by atoms with Gasteiger partial charge in [0.05, 0.1) is 6.04 Å². The van der Waals surface area contributed by atoms with Crippen LogP contribution in [0.25, 0.3) is 0 Å². The molecule has 0 fully saturated rings. The minimum Gasteiger partial charge on any atom is -0.150 e. The van der Waals surface area contributed by atoms with Crippen LogP contribution < -0.4 is 0 Å². The second-order valence-corrected chi connectivity index (χ2v) is 5.75. The van der Waals surface area contributed by atoms with Crippen LogP contribution in [-0.2, 0) is 0 Å². The first-order chi connectivity index (χ1) is 5.17. The van der Waals surface area contributed by atoms with E-state index in [4.69, 9.17) is 0 Å². The summed E-state index contributed by atoms with van der Waals surface area (Å²) in [4.78, 5) is 10.6. The van der Waals surface area contributed by atoms with Gasteiger partial charge in [0, 0.05) is 0 Å². The fraction of sp³-hybridized carbons (Fsp3) is 1.00. The van der Waals surface area contributed by atoms with Gasteiger partial charge in [-0.1, -0.05) is 46.7 Å². The van der Waals surface area contributed by atoms with E-state index in [-0.39, 0.29) is 16.9 Å². The summed E-state index contributed by atoms with van der Waals surface area (Å²) in [6, 6.07) is -0.0718. The lowest BCUT2D eigenvalue weighted by Crippen LogP contribution is -2.28. The van der Waals surface area contributed by atoms with Crippen molar-refractivity contribution in [1.82, 2.24) is 0 Å². The van der Waals surface area contributed by atoms with Gasteiger partial charge in [-0.2, -0.15) is 4.91 Å². The molecular formula is C10H21NO. The molecule has 12 heavy (non-hydrogen) atoms. The third-order valence-electron chi connectivity index (χ3n) is 1.93. The summed E-state index contributed by atoms with van der Waals surface area (Å²) >= 11 is 0. The highest BCUT2D eigenvalue weighted by molar-refractivity contribution is 4.83. The van der Waals surface area contributed by atoms with E-state index in [1.165, 1.54) is 0 Å². The minimum atomic E-state index is -0.0718. The van der Waals surface area contributed by atoms with E-state index in [1.54, 1.807) is 0 Å². The Morgan fingerprint density at radius 2 is 1.50 bits per heavy atom. The van der Waals surface area contributed by atoms with Gasteiger partial charge in [0.2, 0.25) is 0 Å². The Bertz CT molecular complexity index is 150. The molecule has 1 atom stereocenters. The molecule has 0 saturated heterocycles. The molecule has 0 spiro atoms. The van der Waals surface area contributed by atoms with Gasteiger partial charge in [-0.15, -0.1) is 0 Å². The summed E-state index contributed by atoms with van der Waals surface area (Å²) in [5.41, 5.74) is 0.181. The van der Waals surface area contributed by atoms with Crippen LogP contribution in [0.4, 0.5) is 0 Å². The molecule has 0 aromatic heterocycles. The second kappa shape index (κ2) is 3.55. The van der Waals surface area contributed by atoms with E-state index in [2.05, 4.69) is 46.7 Å². The van der Waals surface area contributed by atoms with Crippen LogP contribution in [0, 0.1) is 15.7 Å². The van der Waals surface area contributed by atoms with Crippen LogP contribution in [0.5, 0.6) is 0 Å². The molecule has 0 saturated carbocycles. The van der Waals surface area contributed by atoms with Gasteiger partial charge < -0.3 is 0 Å². The first-order valence-electron chi connectivity index (χ1n) is 4.49. The fourth-order valence-corrected chi connectivity index (χ4v) is 1.08. The van der Waals surface area contributed by atoms with Crippen molar-refractivity contribution in [1.29, 1.82) is 0 Å². The Labute approximate surface area is 75.7 Å². The topological polar surface area (TPSA) is 29.4 Å². The van der Waals surface area contributed by atoms with Crippen molar-refractivity contribution in [3.05, 3.63) is 4.91 Å². The van der Waals surface area contributed by atoms with Gasteiger partial charge in [-0.3, -0.25) is 0 Å². The van der Waals surface area contributed by atoms with Crippen molar-refractivity contribution in [3.8, 4) is 0 Å². The van der Waals surface area contributed by atoms with Gasteiger partial charge in [-0.05, 0) is 17.3 Å². The van der Waals surface area contributed by atoms with Gasteiger partial charge in [-0.25, -0.2) is 0 Å². The van der Waals surface area contributed by atoms with Crippen LogP contribution in [0.15, 0.2) is 5.18 Å². The Hall–Kier alpha value is -0.400. The highest BCUT2D eigenvalue weighted by atomic mass is 16.3. The highest BCUT2D eigenvalue weighted by Gasteiger charge is 2.29. The van der Waals surface area contributed by atoms with Crippen LogP contribution in [0.2, 0.25) is 0 Å². The quantitative estimate of drug-likeness (QED) is 0.584. The van der Waals surface area contributed by atoms with E-state index in [1.807, 2.05) is 0 Å². The number of hydrogen-bond donors (Lipinski definition) is 0. The van der Waals surface area contributed by atoms with Crippen molar-refractivity contribution < 1.29 is 0 Å². The van der Waals surface area contributed by atoms with E-state index in [0.717, 1.165) is 6.42 Å². The molecule has 0 aliphatic carbocycles. The maximum absolute atomic E-state index is 10.6. The summed E-state index contributed by atoms with van der Waals surface area (Å²) in [6.07, 6.45) is 0.861. The minimum absolute atomic E-state index is 0.00493. The summed E-state index contributed by atoms with van der Waals surface area (Å²) in [5.74, 6) is 0. The highest BCUT2D eigenvalue weighted by Crippen LogP contribution is 2.32. The van der Waals surface area contributed by atoms with Crippen molar-refractivity contribution in [2.45, 2.75) is 54.0 Å². The average molecular weight is 171 g/mol. The van der Waals surface area contributed by atoms with Gasteiger partial charge in [0.15, 0.2) is 0 Å². The first kappa shape index (κ1) is 11.6. The molecule has 0 N–H and O–H groups in total. The Balaban J connectivity index is 4.30. The summed E-state index contributed by atoms with van der Waals surface area (Å²) < 4.78 is 0. The summed E-state index contributed by atoms with van der Waals surface area (Å²) in [6.45, 7) is 12.6. The Kier molecular flexibility index (Phi) is 3.43. The Morgan fingerprint density at radius 3 is 1.58 bits per heavy atom. The van der Waals surface area contributed by atoms with Crippen LogP contribution in [-0.4, -0.2) is 6.04 Å². The monoisotopic (exact) mass is 171 g/mol. The molecule has 0 amide bonds. The molecule has 72 valence electrons. The molecule has 0 bridgehead atoms. The number of hydrogen-bond acceptors (Lipinski definition) is 2. The molecule has 0 radical (unpaired) electrons. The maximum atomic E-state index is 10.6. The predicted molar refractivity (Wildman–Crippen MR) is 53.1 cm³/mol. The van der Waals surface area contributed by atoms with Gasteiger partial charge in [0.1, 0.15) is 0 Å². The fourth-order valence-electron chi connectivity index (χ4n) is 1.08. The molecule has 0 rings (SSSR count). The van der Waals surface area contributed by atoms with Gasteiger partial charge >= 0.3 is 0 Å². The zero-order chi connectivity index (χ0) is 9.99. The normalized spacial score (nSPS) is 15.8. The lowest BCUT2D eigenvalue weighted by molar-refractivity contribution is 0.232. The third kappa shape index (κ3) is 4.47. The second-order valence-electron chi connectivity index (χ2n) is 5.75. The van der Waals surface area contributed by atoms with Crippen molar-refractivity contribution in [2.24, 2.45) is 16.0 Å². The summed E-state index contributed by atoms with van der Waals surface area (Å²) in [7, 11) is 0. The van der Waals surface area contributed by atoms with Crippen LogP contribution in [0.3, 0.4) is 0 Å². The smallest absolute Gasteiger partial charge is 0.0972 e. The number of nitroso groups, excluding NO2 is 1. The van der Waals surface area contributed by atoms with Crippen molar-refractivity contribution in [3.63, 3.8) is 0 Å². The zero-order valence-electron chi connectivity index (χ0n) is 9.14. The van der Waals surface area contributed by atoms with Crippen LogP contribution >= 0.6 is 0 Å². The van der Waals surface area contributed by atoms with Crippen LogP contribution in [0.1, 0.15) is 48.0 Å². The zero-order valence-corrected chi connectivity index (χ0v) is 9.14. The lowest BCUT2D eigenvalue weighted by atomic mass is 9.77. The molecule has 0 aliphatic rings. The molecule has 0 aromatic carbocycles. The molecule has 2 nitrogen and oxygen atoms in total. The number of rotatable bonds is 2. The molecule has 0 aromatic rings.